The van der Waals surface area contributed by atoms with Gasteiger partial charge in [0.25, 0.3) is 0 Å². The summed E-state index contributed by atoms with van der Waals surface area (Å²) in [6.45, 7) is 9.22. The molecule has 0 aliphatic carbocycles. The number of ether oxygens (including phenoxy) is 2. The number of aliphatic hydroxyl groups excluding tert-OH is 1. The SMILES string of the molecule is COc1cc(C)cc2cc(-c3nn(C4CC(C(O)N(C)CCN(C)C)N(C(=O)OC(C)(C)C)C4)c4ncnc(N)c34)sc12. The number of thiophene rings is 1. The number of hydrogen-bond donors (Lipinski definition) is 2. The van der Waals surface area contributed by atoms with E-state index in [0.717, 1.165) is 32.8 Å². The molecule has 0 radical (unpaired) electrons. The summed E-state index contributed by atoms with van der Waals surface area (Å²) in [6, 6.07) is 5.41. The van der Waals surface area contributed by atoms with Crippen LogP contribution in [-0.2, 0) is 4.74 Å². The number of aromatic nitrogens is 4. The first kappa shape index (κ1) is 30.9. The zero-order valence-corrected chi connectivity index (χ0v) is 27.0. The number of nitrogens with two attached hydrogens (primary N) is 1. The fourth-order valence-corrected chi connectivity index (χ4v) is 6.70. The standard InChI is InChI=1S/C30H42N8O4S/c1-17-11-18-13-22(43-25(18)21(12-17)41-8)24-23-26(31)32-16-33-27(23)38(34-24)19-14-20(28(39)36(7)10-9-35(5)6)37(15-19)29(40)42-30(2,3)4/h11-13,16,19-20,28,39H,9-10,14-15H2,1-8H3,(H2,31,32,33). The number of carbonyl (C=O) groups excluding carboxylic acids is 1. The monoisotopic (exact) mass is 610 g/mol. The number of benzene rings is 1. The van der Waals surface area contributed by atoms with Gasteiger partial charge < -0.3 is 25.2 Å². The number of aryl methyl sites for hydroxylation is 1. The van der Waals surface area contributed by atoms with Crippen LogP contribution in [0.3, 0.4) is 0 Å². The lowest BCUT2D eigenvalue weighted by Gasteiger charge is -2.35. The van der Waals surface area contributed by atoms with Gasteiger partial charge in [0.05, 0.1) is 34.2 Å². The van der Waals surface area contributed by atoms with Crippen LogP contribution in [0.25, 0.3) is 31.7 Å². The minimum Gasteiger partial charge on any atom is -0.495 e. The molecule has 12 nitrogen and oxygen atoms in total. The summed E-state index contributed by atoms with van der Waals surface area (Å²) >= 11 is 1.57. The molecule has 43 heavy (non-hydrogen) atoms. The van der Waals surface area contributed by atoms with Gasteiger partial charge >= 0.3 is 6.09 Å². The molecule has 0 bridgehead atoms. The molecule has 3 atom stereocenters. The van der Waals surface area contributed by atoms with Gasteiger partial charge in [-0.1, -0.05) is 6.07 Å². The van der Waals surface area contributed by atoms with Crippen LogP contribution in [0.5, 0.6) is 5.75 Å². The Labute approximate surface area is 256 Å². The number of fused-ring (bicyclic) bond motifs is 2. The second-order valence-corrected chi connectivity index (χ2v) is 13.6. The molecule has 0 spiro atoms. The molecule has 1 fully saturated rings. The highest BCUT2D eigenvalue weighted by Gasteiger charge is 2.44. The van der Waals surface area contributed by atoms with E-state index in [2.05, 4.69) is 27.0 Å². The lowest BCUT2D eigenvalue weighted by molar-refractivity contribution is -0.0464. The molecule has 1 aliphatic heterocycles. The molecule has 1 aromatic carbocycles. The quantitative estimate of drug-likeness (QED) is 0.282. The van der Waals surface area contributed by atoms with Gasteiger partial charge in [0, 0.05) is 19.6 Å². The minimum absolute atomic E-state index is 0.286. The lowest BCUT2D eigenvalue weighted by atomic mass is 10.1. The number of rotatable bonds is 8. The second-order valence-electron chi connectivity index (χ2n) is 12.5. The van der Waals surface area contributed by atoms with Crippen molar-refractivity contribution in [1.82, 2.24) is 34.4 Å². The normalized spacial score (nSPS) is 18.3. The Morgan fingerprint density at radius 1 is 1.21 bits per heavy atom. The molecule has 0 saturated carbocycles. The van der Waals surface area contributed by atoms with Gasteiger partial charge in [-0.15, -0.1) is 11.3 Å². The molecule has 1 saturated heterocycles. The topological polar surface area (TPSA) is 135 Å². The van der Waals surface area contributed by atoms with E-state index in [9.17, 15) is 9.90 Å². The molecule has 3 aromatic heterocycles. The average molecular weight is 611 g/mol. The van der Waals surface area contributed by atoms with E-state index in [0.29, 0.717) is 35.5 Å². The number of carbonyl (C=O) groups is 1. The van der Waals surface area contributed by atoms with Crippen LogP contribution in [0, 0.1) is 6.92 Å². The molecule has 4 aromatic rings. The Kier molecular flexibility index (Phi) is 8.54. The van der Waals surface area contributed by atoms with E-state index in [4.69, 9.17) is 20.3 Å². The predicted octanol–water partition coefficient (Wildman–Crippen LogP) is 3.97. The van der Waals surface area contributed by atoms with Gasteiger partial charge in [0.1, 0.15) is 35.4 Å². The van der Waals surface area contributed by atoms with Gasteiger partial charge in [-0.2, -0.15) is 5.10 Å². The number of nitrogen functional groups attached to an aromatic ring is 1. The van der Waals surface area contributed by atoms with E-state index in [1.165, 1.54) is 6.33 Å². The van der Waals surface area contributed by atoms with E-state index in [1.807, 2.05) is 64.5 Å². The number of methoxy groups -OCH3 is 1. The van der Waals surface area contributed by atoms with Gasteiger partial charge in [0.2, 0.25) is 0 Å². The van der Waals surface area contributed by atoms with Gasteiger partial charge in [-0.25, -0.2) is 19.4 Å². The van der Waals surface area contributed by atoms with Crippen LogP contribution in [0.1, 0.15) is 38.8 Å². The summed E-state index contributed by atoms with van der Waals surface area (Å²) in [7, 11) is 7.51. The van der Waals surface area contributed by atoms with Crippen molar-refractivity contribution in [2.24, 2.45) is 0 Å². The zero-order valence-electron chi connectivity index (χ0n) is 26.2. The second kappa shape index (κ2) is 11.9. The summed E-state index contributed by atoms with van der Waals surface area (Å²) in [6.07, 6.45) is 0.500. The molecular weight excluding hydrogens is 568 g/mol. The molecule has 1 amide bonds. The molecule has 1 aliphatic rings. The molecule has 232 valence electrons. The van der Waals surface area contributed by atoms with Crippen molar-refractivity contribution in [2.45, 2.75) is 58.0 Å². The number of likely N-dealkylation sites (N-methyl/N-ethyl adjacent to an activating group) is 2. The summed E-state index contributed by atoms with van der Waals surface area (Å²) in [5.41, 5.74) is 8.10. The van der Waals surface area contributed by atoms with Crippen molar-refractivity contribution in [1.29, 1.82) is 0 Å². The number of amides is 1. The van der Waals surface area contributed by atoms with Crippen LogP contribution in [0.2, 0.25) is 0 Å². The van der Waals surface area contributed by atoms with Gasteiger partial charge in [-0.05, 0) is 78.3 Å². The van der Waals surface area contributed by atoms with E-state index in [-0.39, 0.29) is 12.6 Å². The van der Waals surface area contributed by atoms with Crippen molar-refractivity contribution >= 4 is 44.4 Å². The Balaban J connectivity index is 1.56. The van der Waals surface area contributed by atoms with Gasteiger partial charge in [0.15, 0.2) is 5.65 Å². The molecule has 3 N–H and O–H groups in total. The van der Waals surface area contributed by atoms with E-state index in [1.54, 1.807) is 23.3 Å². The van der Waals surface area contributed by atoms with Crippen LogP contribution < -0.4 is 10.5 Å². The van der Waals surface area contributed by atoms with Crippen LogP contribution in [0.15, 0.2) is 24.5 Å². The van der Waals surface area contributed by atoms with Crippen LogP contribution in [0.4, 0.5) is 10.6 Å². The number of hydrogen-bond acceptors (Lipinski definition) is 11. The molecule has 3 unspecified atom stereocenters. The number of anilines is 1. The maximum atomic E-state index is 13.5. The third kappa shape index (κ3) is 6.26. The maximum Gasteiger partial charge on any atom is 0.410 e. The summed E-state index contributed by atoms with van der Waals surface area (Å²) < 4.78 is 14.3. The highest BCUT2D eigenvalue weighted by Crippen LogP contribution is 2.43. The van der Waals surface area contributed by atoms with Crippen molar-refractivity contribution in [3.8, 4) is 16.3 Å². The zero-order chi connectivity index (χ0) is 31.2. The van der Waals surface area contributed by atoms with Crippen LogP contribution >= 0.6 is 11.3 Å². The van der Waals surface area contributed by atoms with Crippen molar-refractivity contribution in [3.05, 3.63) is 30.1 Å². The summed E-state index contributed by atoms with van der Waals surface area (Å²) in [5, 5.41) is 18.2. The summed E-state index contributed by atoms with van der Waals surface area (Å²) in [4.78, 5) is 28.8. The average Bonchev–Trinajstić information content (AvgIpc) is 3.65. The van der Waals surface area contributed by atoms with Crippen LogP contribution in [-0.4, -0.2) is 111 Å². The Morgan fingerprint density at radius 3 is 2.63 bits per heavy atom. The Hall–Kier alpha value is -3.52. The van der Waals surface area contributed by atoms with E-state index < -0.39 is 24.0 Å². The van der Waals surface area contributed by atoms with Crippen molar-refractivity contribution < 1.29 is 19.4 Å². The largest absolute Gasteiger partial charge is 0.495 e. The predicted molar refractivity (Wildman–Crippen MR) is 169 cm³/mol. The third-order valence-corrected chi connectivity index (χ3v) is 8.86. The first-order chi connectivity index (χ1) is 20.3. The molecule has 13 heteroatoms. The first-order valence-electron chi connectivity index (χ1n) is 14.4. The molecular formula is C30H42N8O4S. The smallest absolute Gasteiger partial charge is 0.410 e. The fraction of sp³-hybridized carbons (Fsp3) is 0.533. The number of likely N-dealkylation sites (tertiary alicyclic amines) is 1. The third-order valence-electron chi connectivity index (χ3n) is 7.69. The molecule has 4 heterocycles. The summed E-state index contributed by atoms with van der Waals surface area (Å²) in [5.74, 6) is 1.13. The number of nitrogens with zero attached hydrogens (tertiary/aromatic N) is 7. The first-order valence-corrected chi connectivity index (χ1v) is 15.2. The highest BCUT2D eigenvalue weighted by molar-refractivity contribution is 7.22. The van der Waals surface area contributed by atoms with Gasteiger partial charge in [-0.3, -0.25) is 9.80 Å². The number of aliphatic hydroxyl groups is 1. The lowest BCUT2D eigenvalue weighted by Crippen LogP contribution is -2.51. The van der Waals surface area contributed by atoms with E-state index >= 15 is 0 Å². The maximum absolute atomic E-state index is 13.5. The Morgan fingerprint density at radius 2 is 1.95 bits per heavy atom. The Bertz CT molecular complexity index is 1630. The highest BCUT2D eigenvalue weighted by atomic mass is 32.1. The fourth-order valence-electron chi connectivity index (χ4n) is 5.57. The van der Waals surface area contributed by atoms with Crippen molar-refractivity contribution in [2.75, 3.05) is 53.6 Å². The van der Waals surface area contributed by atoms with Crippen molar-refractivity contribution in [3.63, 3.8) is 0 Å². The molecule has 5 rings (SSSR count). The minimum atomic E-state index is -0.906.